The van der Waals surface area contributed by atoms with Gasteiger partial charge >= 0.3 is 5.97 Å². The second-order valence-corrected chi connectivity index (χ2v) is 9.49. The average Bonchev–Trinajstić information content (AvgIpc) is 2.83. The molecule has 2 aliphatic heterocycles. The van der Waals surface area contributed by atoms with Crippen molar-refractivity contribution in [2.24, 2.45) is 5.92 Å². The SMILES string of the molecule is CCOC(=O)C1CCN(C(=O)c2ccc3c(c2)N(C)C(=O)C(=Cc2ccccc2Cl)S3)CC1. The minimum atomic E-state index is -0.184. The predicted molar refractivity (Wildman–Crippen MR) is 130 cm³/mol. The third-order valence-electron chi connectivity index (χ3n) is 5.90. The summed E-state index contributed by atoms with van der Waals surface area (Å²) in [4.78, 5) is 42.8. The summed E-state index contributed by atoms with van der Waals surface area (Å²) in [6, 6.07) is 12.8. The zero-order chi connectivity index (χ0) is 23.5. The number of fused-ring (bicyclic) bond motifs is 1. The van der Waals surface area contributed by atoms with Crippen LogP contribution < -0.4 is 4.90 Å². The van der Waals surface area contributed by atoms with Crippen molar-refractivity contribution < 1.29 is 19.1 Å². The van der Waals surface area contributed by atoms with Crippen molar-refractivity contribution in [2.75, 3.05) is 31.6 Å². The lowest BCUT2D eigenvalue weighted by Gasteiger charge is -2.32. The Bertz CT molecular complexity index is 1130. The summed E-state index contributed by atoms with van der Waals surface area (Å²) in [7, 11) is 1.71. The zero-order valence-corrected chi connectivity index (χ0v) is 20.1. The monoisotopic (exact) mass is 484 g/mol. The molecule has 0 atom stereocenters. The molecule has 172 valence electrons. The van der Waals surface area contributed by atoms with Crippen LogP contribution in [0.4, 0.5) is 5.69 Å². The van der Waals surface area contributed by atoms with Crippen LogP contribution in [0.2, 0.25) is 5.02 Å². The molecule has 0 radical (unpaired) electrons. The number of likely N-dealkylation sites (N-methyl/N-ethyl adjacent to an activating group) is 1. The maximum atomic E-state index is 13.1. The number of nitrogens with zero attached hydrogens (tertiary/aromatic N) is 2. The van der Waals surface area contributed by atoms with Gasteiger partial charge in [0.1, 0.15) is 0 Å². The Labute approximate surface area is 202 Å². The lowest BCUT2D eigenvalue weighted by Crippen LogP contribution is -2.40. The van der Waals surface area contributed by atoms with Crippen molar-refractivity contribution in [2.45, 2.75) is 24.7 Å². The lowest BCUT2D eigenvalue weighted by molar-refractivity contribution is -0.149. The molecule has 33 heavy (non-hydrogen) atoms. The molecule has 0 bridgehead atoms. The Morgan fingerprint density at radius 2 is 1.91 bits per heavy atom. The van der Waals surface area contributed by atoms with Gasteiger partial charge in [-0.2, -0.15) is 0 Å². The van der Waals surface area contributed by atoms with E-state index in [2.05, 4.69) is 0 Å². The fraction of sp³-hybridized carbons (Fsp3) is 0.320. The summed E-state index contributed by atoms with van der Waals surface area (Å²) in [6.45, 7) is 3.18. The first kappa shape index (κ1) is 23.4. The Morgan fingerprint density at radius 1 is 1.18 bits per heavy atom. The summed E-state index contributed by atoms with van der Waals surface area (Å²) >= 11 is 7.62. The lowest BCUT2D eigenvalue weighted by atomic mass is 9.96. The number of esters is 1. The summed E-state index contributed by atoms with van der Waals surface area (Å²) in [5, 5.41) is 0.583. The topological polar surface area (TPSA) is 66.9 Å². The zero-order valence-electron chi connectivity index (χ0n) is 18.5. The maximum Gasteiger partial charge on any atom is 0.309 e. The average molecular weight is 485 g/mol. The second-order valence-electron chi connectivity index (χ2n) is 8.00. The first-order valence-electron chi connectivity index (χ1n) is 10.9. The van der Waals surface area contributed by atoms with E-state index in [4.69, 9.17) is 16.3 Å². The number of carbonyl (C=O) groups excluding carboxylic acids is 3. The number of rotatable bonds is 4. The number of ether oxygens (including phenoxy) is 1. The van der Waals surface area contributed by atoms with Gasteiger partial charge in [0, 0.05) is 35.6 Å². The van der Waals surface area contributed by atoms with Crippen LogP contribution in [0.3, 0.4) is 0 Å². The third-order valence-corrected chi connectivity index (χ3v) is 7.32. The van der Waals surface area contributed by atoms with E-state index in [0.29, 0.717) is 53.7 Å². The van der Waals surface area contributed by atoms with Crippen molar-refractivity contribution in [3.8, 4) is 0 Å². The number of benzene rings is 2. The molecule has 4 rings (SSSR count). The number of thioether (sulfide) groups is 1. The van der Waals surface area contributed by atoms with Crippen LogP contribution >= 0.6 is 23.4 Å². The number of amides is 2. The smallest absolute Gasteiger partial charge is 0.309 e. The molecule has 2 amide bonds. The Kier molecular flexibility index (Phi) is 7.10. The minimum Gasteiger partial charge on any atom is -0.466 e. The highest BCUT2D eigenvalue weighted by atomic mass is 35.5. The van der Waals surface area contributed by atoms with Crippen molar-refractivity contribution in [1.29, 1.82) is 0 Å². The molecular formula is C25H25ClN2O4S. The molecule has 2 aliphatic rings. The predicted octanol–water partition coefficient (Wildman–Crippen LogP) is 4.86. The normalized spacial score (nSPS) is 17.8. The van der Waals surface area contributed by atoms with E-state index in [1.807, 2.05) is 24.3 Å². The largest absolute Gasteiger partial charge is 0.466 e. The molecule has 1 fully saturated rings. The van der Waals surface area contributed by atoms with Crippen LogP contribution in [0, 0.1) is 5.92 Å². The van der Waals surface area contributed by atoms with Gasteiger partial charge in [-0.25, -0.2) is 0 Å². The molecule has 0 N–H and O–H groups in total. The quantitative estimate of drug-likeness (QED) is 0.457. The molecule has 0 aromatic heterocycles. The first-order chi connectivity index (χ1) is 15.9. The van der Waals surface area contributed by atoms with Gasteiger partial charge in [-0.15, -0.1) is 0 Å². The fourth-order valence-electron chi connectivity index (χ4n) is 4.02. The second kappa shape index (κ2) is 10.0. The van der Waals surface area contributed by atoms with Crippen LogP contribution in [0.1, 0.15) is 35.7 Å². The van der Waals surface area contributed by atoms with Crippen molar-refractivity contribution in [1.82, 2.24) is 4.90 Å². The van der Waals surface area contributed by atoms with Crippen LogP contribution in [0.5, 0.6) is 0 Å². The Hall–Kier alpha value is -2.77. The van der Waals surface area contributed by atoms with Crippen LogP contribution in [0.15, 0.2) is 52.3 Å². The standard InChI is InChI=1S/C25H25ClN2O4S/c1-3-32-25(31)16-10-12-28(13-11-16)23(29)18-8-9-21-20(14-18)27(2)24(30)22(33-21)15-17-6-4-5-7-19(17)26/h4-9,14-16H,3,10-13H2,1-2H3. The Morgan fingerprint density at radius 3 is 2.61 bits per heavy atom. The summed E-state index contributed by atoms with van der Waals surface area (Å²) in [6.07, 6.45) is 2.99. The van der Waals surface area contributed by atoms with Gasteiger partial charge in [-0.05, 0) is 55.7 Å². The maximum absolute atomic E-state index is 13.1. The van der Waals surface area contributed by atoms with Gasteiger partial charge in [-0.1, -0.05) is 41.6 Å². The third kappa shape index (κ3) is 4.94. The van der Waals surface area contributed by atoms with E-state index in [1.54, 1.807) is 48.0 Å². The highest BCUT2D eigenvalue weighted by Gasteiger charge is 2.31. The molecule has 2 aromatic rings. The van der Waals surface area contributed by atoms with E-state index in [-0.39, 0.29) is 23.7 Å². The number of halogens is 1. The summed E-state index contributed by atoms with van der Waals surface area (Å²) in [5.74, 6) is -0.576. The van der Waals surface area contributed by atoms with E-state index < -0.39 is 0 Å². The molecule has 0 spiro atoms. The molecule has 0 aliphatic carbocycles. The number of likely N-dealkylation sites (tertiary alicyclic amines) is 1. The first-order valence-corrected chi connectivity index (χ1v) is 12.1. The summed E-state index contributed by atoms with van der Waals surface area (Å²) in [5.41, 5.74) is 2.01. The molecule has 2 heterocycles. The molecule has 2 aromatic carbocycles. The summed E-state index contributed by atoms with van der Waals surface area (Å²) < 4.78 is 5.10. The van der Waals surface area contributed by atoms with E-state index in [9.17, 15) is 14.4 Å². The molecule has 8 heteroatoms. The van der Waals surface area contributed by atoms with Gasteiger partial charge in [0.2, 0.25) is 0 Å². The van der Waals surface area contributed by atoms with Crippen LogP contribution in [-0.2, 0) is 14.3 Å². The van der Waals surface area contributed by atoms with Gasteiger partial charge in [0.25, 0.3) is 11.8 Å². The van der Waals surface area contributed by atoms with Gasteiger partial charge in [-0.3, -0.25) is 14.4 Å². The number of anilines is 1. The van der Waals surface area contributed by atoms with Crippen molar-refractivity contribution in [3.63, 3.8) is 0 Å². The van der Waals surface area contributed by atoms with E-state index in [0.717, 1.165) is 10.5 Å². The van der Waals surface area contributed by atoms with E-state index in [1.165, 1.54) is 11.8 Å². The van der Waals surface area contributed by atoms with Crippen LogP contribution in [0.25, 0.3) is 6.08 Å². The number of hydrogen-bond acceptors (Lipinski definition) is 5. The van der Waals surface area contributed by atoms with Crippen LogP contribution in [-0.4, -0.2) is 49.4 Å². The highest BCUT2D eigenvalue weighted by molar-refractivity contribution is 8.04. The number of piperidine rings is 1. The highest BCUT2D eigenvalue weighted by Crippen LogP contribution is 2.42. The van der Waals surface area contributed by atoms with Gasteiger partial charge in [0.05, 0.1) is 23.1 Å². The number of hydrogen-bond donors (Lipinski definition) is 0. The molecule has 6 nitrogen and oxygen atoms in total. The van der Waals surface area contributed by atoms with E-state index >= 15 is 0 Å². The van der Waals surface area contributed by atoms with Gasteiger partial charge < -0.3 is 14.5 Å². The molecule has 0 unspecified atom stereocenters. The fourth-order valence-corrected chi connectivity index (χ4v) is 5.30. The molecule has 1 saturated heterocycles. The molecule has 0 saturated carbocycles. The van der Waals surface area contributed by atoms with Gasteiger partial charge in [0.15, 0.2) is 0 Å². The number of carbonyl (C=O) groups is 3. The minimum absolute atomic E-state index is 0.0941. The Balaban J connectivity index is 1.50. The van der Waals surface area contributed by atoms with Crippen molar-refractivity contribution >= 4 is 52.9 Å². The van der Waals surface area contributed by atoms with Crippen molar-refractivity contribution in [3.05, 3.63) is 63.5 Å². The molecular weight excluding hydrogens is 460 g/mol.